The molecule has 2 aromatic carbocycles. The first-order chi connectivity index (χ1) is 13.4. The van der Waals surface area contributed by atoms with Crippen LogP contribution in [0, 0.1) is 11.6 Å². The predicted octanol–water partition coefficient (Wildman–Crippen LogP) is 4.09. The van der Waals surface area contributed by atoms with Crippen molar-refractivity contribution in [3.63, 3.8) is 0 Å². The molecule has 1 atom stereocenters. The summed E-state index contributed by atoms with van der Waals surface area (Å²) in [7, 11) is 0. The van der Waals surface area contributed by atoms with Crippen LogP contribution in [0.4, 0.5) is 8.78 Å². The number of benzene rings is 2. The third kappa shape index (κ3) is 4.52. The highest BCUT2D eigenvalue weighted by Crippen LogP contribution is 2.38. The molecule has 1 aliphatic rings. The fourth-order valence-corrected chi connectivity index (χ4v) is 4.41. The van der Waals surface area contributed by atoms with Gasteiger partial charge in [0, 0.05) is 24.7 Å². The second kappa shape index (κ2) is 8.73. The molecule has 2 amide bonds. The topological polar surface area (TPSA) is 40.6 Å². The molecule has 0 saturated carbocycles. The lowest BCUT2D eigenvalue weighted by Gasteiger charge is -2.31. The van der Waals surface area contributed by atoms with Crippen molar-refractivity contribution in [2.45, 2.75) is 25.3 Å². The zero-order chi connectivity index (χ0) is 20.3. The molecule has 148 valence electrons. The van der Waals surface area contributed by atoms with E-state index in [4.69, 9.17) is 0 Å². The molecule has 7 heteroatoms. The van der Waals surface area contributed by atoms with Crippen molar-refractivity contribution in [2.75, 3.05) is 18.8 Å². The molecule has 0 unspecified atom stereocenters. The van der Waals surface area contributed by atoms with E-state index in [0.717, 1.165) is 5.56 Å². The fourth-order valence-electron chi connectivity index (χ4n) is 3.20. The molecule has 1 saturated heterocycles. The largest absolute Gasteiger partial charge is 0.334 e. The summed E-state index contributed by atoms with van der Waals surface area (Å²) in [6.45, 7) is 4.47. The second-order valence-electron chi connectivity index (χ2n) is 6.90. The van der Waals surface area contributed by atoms with E-state index in [0.29, 0.717) is 24.4 Å². The average molecular weight is 404 g/mol. The Balaban J connectivity index is 1.73. The summed E-state index contributed by atoms with van der Waals surface area (Å²) in [6, 6.07) is 11.6. The molecule has 0 bridgehead atoms. The summed E-state index contributed by atoms with van der Waals surface area (Å²) in [5, 5.41) is -0.266. The summed E-state index contributed by atoms with van der Waals surface area (Å²) in [6.07, 6.45) is 0. The molecule has 0 radical (unpaired) electrons. The zero-order valence-corrected chi connectivity index (χ0v) is 16.6. The normalized spacial score (nSPS) is 16.7. The van der Waals surface area contributed by atoms with Crippen molar-refractivity contribution in [1.82, 2.24) is 9.80 Å². The number of nitrogens with zero attached hydrogens (tertiary/aromatic N) is 2. The summed E-state index contributed by atoms with van der Waals surface area (Å²) in [4.78, 5) is 28.5. The molecule has 2 aromatic rings. The first-order valence-electron chi connectivity index (χ1n) is 9.10. The van der Waals surface area contributed by atoms with Gasteiger partial charge in [0.1, 0.15) is 17.0 Å². The van der Waals surface area contributed by atoms with E-state index in [1.807, 2.05) is 13.8 Å². The minimum absolute atomic E-state index is 0.0304. The standard InChI is InChI=1S/C21H22F2N2O2S/c1-14(2)24(20(27)15-6-8-17(22)9-7-15)10-11-25-19(26)13-28-21(25)16-4-3-5-18(23)12-16/h3-9,12,14,21H,10-11,13H2,1-2H3/t21-/m0/s1. The zero-order valence-electron chi connectivity index (χ0n) is 15.8. The van der Waals surface area contributed by atoms with E-state index in [1.165, 1.54) is 48.2 Å². The number of rotatable bonds is 6. The molecular formula is C21H22F2N2O2S. The Hall–Kier alpha value is -2.41. The Labute approximate surface area is 167 Å². The maximum atomic E-state index is 13.6. The van der Waals surface area contributed by atoms with E-state index in [-0.39, 0.29) is 29.0 Å². The van der Waals surface area contributed by atoms with Gasteiger partial charge in [-0.2, -0.15) is 0 Å². The number of carbonyl (C=O) groups is 2. The lowest BCUT2D eigenvalue weighted by atomic mass is 10.1. The Bertz CT molecular complexity index is 858. The predicted molar refractivity (Wildman–Crippen MR) is 106 cm³/mol. The number of carbonyl (C=O) groups excluding carboxylic acids is 2. The van der Waals surface area contributed by atoms with Gasteiger partial charge in [-0.1, -0.05) is 12.1 Å². The van der Waals surface area contributed by atoms with E-state index >= 15 is 0 Å². The minimum Gasteiger partial charge on any atom is -0.334 e. The highest BCUT2D eigenvalue weighted by molar-refractivity contribution is 8.00. The molecule has 0 spiro atoms. The van der Waals surface area contributed by atoms with Gasteiger partial charge >= 0.3 is 0 Å². The average Bonchev–Trinajstić information content (AvgIpc) is 3.03. The molecule has 28 heavy (non-hydrogen) atoms. The van der Waals surface area contributed by atoms with Gasteiger partial charge in [-0.25, -0.2) is 8.78 Å². The van der Waals surface area contributed by atoms with E-state index in [2.05, 4.69) is 0 Å². The van der Waals surface area contributed by atoms with Gasteiger partial charge in [-0.05, 0) is 55.8 Å². The number of amides is 2. The number of thioether (sulfide) groups is 1. The van der Waals surface area contributed by atoms with Crippen molar-refractivity contribution in [3.8, 4) is 0 Å². The van der Waals surface area contributed by atoms with E-state index in [9.17, 15) is 18.4 Å². The van der Waals surface area contributed by atoms with Gasteiger partial charge in [-0.3, -0.25) is 9.59 Å². The summed E-state index contributed by atoms with van der Waals surface area (Å²) < 4.78 is 26.7. The Morgan fingerprint density at radius 3 is 2.54 bits per heavy atom. The maximum Gasteiger partial charge on any atom is 0.254 e. The highest BCUT2D eigenvalue weighted by atomic mass is 32.2. The van der Waals surface area contributed by atoms with Gasteiger partial charge < -0.3 is 9.80 Å². The third-order valence-corrected chi connectivity index (χ3v) is 5.92. The van der Waals surface area contributed by atoms with Crippen molar-refractivity contribution in [3.05, 3.63) is 71.3 Å². The van der Waals surface area contributed by atoms with Crippen LogP contribution in [0.5, 0.6) is 0 Å². The summed E-state index contributed by atoms with van der Waals surface area (Å²) >= 11 is 1.45. The summed E-state index contributed by atoms with van der Waals surface area (Å²) in [5.74, 6) is -0.652. The first-order valence-corrected chi connectivity index (χ1v) is 10.1. The van der Waals surface area contributed by atoms with Crippen LogP contribution in [0.25, 0.3) is 0 Å². The molecule has 0 N–H and O–H groups in total. The number of hydrogen-bond acceptors (Lipinski definition) is 3. The Morgan fingerprint density at radius 2 is 1.89 bits per heavy atom. The lowest BCUT2D eigenvalue weighted by molar-refractivity contribution is -0.128. The van der Waals surface area contributed by atoms with E-state index in [1.54, 1.807) is 21.9 Å². The Kier molecular flexibility index (Phi) is 6.34. The van der Waals surface area contributed by atoms with Crippen LogP contribution in [0.2, 0.25) is 0 Å². The molecule has 4 nitrogen and oxygen atoms in total. The maximum absolute atomic E-state index is 13.6. The minimum atomic E-state index is -0.398. The van der Waals surface area contributed by atoms with Crippen molar-refractivity contribution in [2.24, 2.45) is 0 Å². The molecule has 1 heterocycles. The van der Waals surface area contributed by atoms with Crippen LogP contribution in [-0.4, -0.2) is 46.5 Å². The van der Waals surface area contributed by atoms with Crippen LogP contribution in [0.1, 0.15) is 35.1 Å². The SMILES string of the molecule is CC(C)N(CCN1C(=O)CS[C@H]1c1cccc(F)c1)C(=O)c1ccc(F)cc1. The van der Waals surface area contributed by atoms with Crippen molar-refractivity contribution in [1.29, 1.82) is 0 Å². The summed E-state index contributed by atoms with van der Waals surface area (Å²) in [5.41, 5.74) is 1.13. The first kappa shape index (κ1) is 20.3. The molecule has 1 fully saturated rings. The van der Waals surface area contributed by atoms with Crippen molar-refractivity contribution >= 4 is 23.6 Å². The monoisotopic (exact) mass is 404 g/mol. The van der Waals surface area contributed by atoms with Crippen LogP contribution in [0.3, 0.4) is 0 Å². The smallest absolute Gasteiger partial charge is 0.254 e. The second-order valence-corrected chi connectivity index (χ2v) is 7.97. The van der Waals surface area contributed by atoms with Crippen LogP contribution >= 0.6 is 11.8 Å². The molecule has 3 rings (SSSR count). The van der Waals surface area contributed by atoms with Crippen LogP contribution < -0.4 is 0 Å². The van der Waals surface area contributed by atoms with Crippen molar-refractivity contribution < 1.29 is 18.4 Å². The van der Waals surface area contributed by atoms with Gasteiger partial charge in [0.25, 0.3) is 5.91 Å². The van der Waals surface area contributed by atoms with Crippen LogP contribution in [0.15, 0.2) is 48.5 Å². The highest BCUT2D eigenvalue weighted by Gasteiger charge is 2.33. The molecule has 0 aromatic heterocycles. The Morgan fingerprint density at radius 1 is 1.18 bits per heavy atom. The van der Waals surface area contributed by atoms with Gasteiger partial charge in [0.05, 0.1) is 5.75 Å². The quantitative estimate of drug-likeness (QED) is 0.728. The fraction of sp³-hybridized carbons (Fsp3) is 0.333. The molecule has 0 aliphatic carbocycles. The third-order valence-electron chi connectivity index (χ3n) is 4.66. The van der Waals surface area contributed by atoms with Gasteiger partial charge in [-0.15, -0.1) is 11.8 Å². The molecule has 1 aliphatic heterocycles. The van der Waals surface area contributed by atoms with Crippen LogP contribution in [-0.2, 0) is 4.79 Å². The van der Waals surface area contributed by atoms with Gasteiger partial charge in [0.2, 0.25) is 5.91 Å². The number of hydrogen-bond donors (Lipinski definition) is 0. The van der Waals surface area contributed by atoms with E-state index < -0.39 is 5.82 Å². The molecular weight excluding hydrogens is 382 g/mol. The van der Waals surface area contributed by atoms with Gasteiger partial charge in [0.15, 0.2) is 0 Å². The number of halogens is 2. The lowest BCUT2D eigenvalue weighted by Crippen LogP contribution is -2.43.